The van der Waals surface area contributed by atoms with Gasteiger partial charge >= 0.3 is 0 Å². The molecule has 0 atom stereocenters. The molecule has 33 heavy (non-hydrogen) atoms. The molecular formula is C29H34O4. The third-order valence-electron chi connectivity index (χ3n) is 5.48. The zero-order chi connectivity index (χ0) is 24.2. The summed E-state index contributed by atoms with van der Waals surface area (Å²) in [7, 11) is 0. The van der Waals surface area contributed by atoms with Crippen LogP contribution in [0.2, 0.25) is 0 Å². The first-order valence-corrected chi connectivity index (χ1v) is 11.3. The molecular weight excluding hydrogens is 412 g/mol. The van der Waals surface area contributed by atoms with Crippen LogP contribution in [0.15, 0.2) is 66.7 Å². The molecule has 3 rings (SSSR count). The number of aromatic hydroxyl groups is 1. The molecule has 0 amide bonds. The van der Waals surface area contributed by atoms with Gasteiger partial charge in [0, 0.05) is 17.2 Å². The minimum atomic E-state index is -0.283. The van der Waals surface area contributed by atoms with Gasteiger partial charge in [0.05, 0.1) is 5.56 Å². The van der Waals surface area contributed by atoms with Crippen molar-refractivity contribution >= 4 is 5.78 Å². The number of phenols is 1. The molecule has 0 unspecified atom stereocenters. The SMILES string of the molecule is CC(C)(C)c1ccccc1OCCOc1cc(O)c(C(=O)c2ccccc2)cc1C(C)(C)C. The standard InChI is InChI=1S/C29H34O4/c1-28(2,3)22-14-10-11-15-25(22)32-16-17-33-26-19-24(30)21(18-23(26)29(4,5)6)27(31)20-12-8-7-9-13-20/h7-15,18-19,30H,16-17H2,1-6H3. The molecule has 0 radical (unpaired) electrons. The van der Waals surface area contributed by atoms with Gasteiger partial charge in [0.2, 0.25) is 0 Å². The van der Waals surface area contributed by atoms with Crippen molar-refractivity contribution in [1.82, 2.24) is 0 Å². The first-order valence-electron chi connectivity index (χ1n) is 11.3. The average Bonchev–Trinajstić information content (AvgIpc) is 2.75. The summed E-state index contributed by atoms with van der Waals surface area (Å²) in [6.07, 6.45) is 0. The van der Waals surface area contributed by atoms with Crippen molar-refractivity contribution in [3.8, 4) is 17.2 Å². The molecule has 0 saturated carbocycles. The zero-order valence-electron chi connectivity index (χ0n) is 20.4. The monoisotopic (exact) mass is 446 g/mol. The van der Waals surface area contributed by atoms with Gasteiger partial charge in [-0.1, -0.05) is 90.1 Å². The van der Waals surface area contributed by atoms with Crippen LogP contribution in [0.5, 0.6) is 17.2 Å². The lowest BCUT2D eigenvalue weighted by Crippen LogP contribution is -2.18. The van der Waals surface area contributed by atoms with E-state index in [9.17, 15) is 9.90 Å². The van der Waals surface area contributed by atoms with Gasteiger partial charge in [-0.3, -0.25) is 4.79 Å². The number of rotatable bonds is 7. The molecule has 0 aliphatic heterocycles. The van der Waals surface area contributed by atoms with E-state index in [1.165, 1.54) is 0 Å². The van der Waals surface area contributed by atoms with Gasteiger partial charge in [0.15, 0.2) is 5.78 Å². The molecule has 4 heteroatoms. The highest BCUT2D eigenvalue weighted by molar-refractivity contribution is 6.10. The normalized spacial score (nSPS) is 11.8. The van der Waals surface area contributed by atoms with E-state index >= 15 is 0 Å². The maximum Gasteiger partial charge on any atom is 0.196 e. The Morgan fingerprint density at radius 3 is 1.88 bits per heavy atom. The summed E-state index contributed by atoms with van der Waals surface area (Å²) in [5.74, 6) is 1.09. The molecule has 4 nitrogen and oxygen atoms in total. The number of ketones is 1. The van der Waals surface area contributed by atoms with E-state index < -0.39 is 0 Å². The summed E-state index contributed by atoms with van der Waals surface area (Å²) in [4.78, 5) is 13.0. The summed E-state index contributed by atoms with van der Waals surface area (Å²) in [5.41, 5.74) is 2.50. The Hall–Kier alpha value is -3.27. The van der Waals surface area contributed by atoms with Gasteiger partial charge in [0.1, 0.15) is 30.5 Å². The van der Waals surface area contributed by atoms with Crippen LogP contribution in [0.3, 0.4) is 0 Å². The molecule has 0 saturated heterocycles. The first kappa shape index (κ1) is 24.4. The van der Waals surface area contributed by atoms with Crippen molar-refractivity contribution < 1.29 is 19.4 Å². The lowest BCUT2D eigenvalue weighted by atomic mass is 9.84. The molecule has 0 aliphatic rings. The summed E-state index contributed by atoms with van der Waals surface area (Å²) in [6.45, 7) is 13.3. The number of carbonyl (C=O) groups excluding carboxylic acids is 1. The molecule has 0 heterocycles. The van der Waals surface area contributed by atoms with Crippen molar-refractivity contribution in [1.29, 1.82) is 0 Å². The zero-order valence-corrected chi connectivity index (χ0v) is 20.4. The maximum atomic E-state index is 13.0. The van der Waals surface area contributed by atoms with E-state index in [0.717, 1.165) is 16.9 Å². The van der Waals surface area contributed by atoms with Crippen molar-refractivity contribution in [2.75, 3.05) is 13.2 Å². The first-order chi connectivity index (χ1) is 15.5. The Labute approximate surface area is 197 Å². The van der Waals surface area contributed by atoms with E-state index in [-0.39, 0.29) is 27.9 Å². The second-order valence-corrected chi connectivity index (χ2v) is 10.3. The second-order valence-electron chi connectivity index (χ2n) is 10.3. The van der Waals surface area contributed by atoms with Crippen LogP contribution < -0.4 is 9.47 Å². The number of ether oxygens (including phenoxy) is 2. The molecule has 0 fully saturated rings. The van der Waals surface area contributed by atoms with E-state index in [1.54, 1.807) is 24.3 Å². The van der Waals surface area contributed by atoms with E-state index in [1.807, 2.05) is 36.4 Å². The van der Waals surface area contributed by atoms with Gasteiger partial charge in [-0.15, -0.1) is 0 Å². The van der Waals surface area contributed by atoms with Crippen LogP contribution in [0.1, 0.15) is 68.6 Å². The lowest BCUT2D eigenvalue weighted by molar-refractivity contribution is 0.103. The molecule has 174 valence electrons. The quantitative estimate of drug-likeness (QED) is 0.325. The van der Waals surface area contributed by atoms with E-state index in [2.05, 4.69) is 47.6 Å². The van der Waals surface area contributed by atoms with Crippen LogP contribution in [-0.2, 0) is 10.8 Å². The van der Waals surface area contributed by atoms with Crippen LogP contribution in [0.4, 0.5) is 0 Å². The Kier molecular flexibility index (Phi) is 7.16. The van der Waals surface area contributed by atoms with Gasteiger partial charge in [-0.05, 0) is 28.5 Å². The van der Waals surface area contributed by atoms with Gasteiger partial charge < -0.3 is 14.6 Å². The van der Waals surface area contributed by atoms with Crippen molar-refractivity contribution in [2.45, 2.75) is 52.4 Å². The fourth-order valence-electron chi connectivity index (χ4n) is 3.72. The Balaban J connectivity index is 1.79. The third-order valence-corrected chi connectivity index (χ3v) is 5.48. The molecule has 0 aromatic heterocycles. The Bertz CT molecular complexity index is 1100. The molecule has 0 aliphatic carbocycles. The number of hydrogen-bond donors (Lipinski definition) is 1. The minimum absolute atomic E-state index is 0.0240. The minimum Gasteiger partial charge on any atom is -0.507 e. The highest BCUT2D eigenvalue weighted by Crippen LogP contribution is 2.37. The summed E-state index contributed by atoms with van der Waals surface area (Å²) < 4.78 is 12.1. The molecule has 3 aromatic carbocycles. The summed E-state index contributed by atoms with van der Waals surface area (Å²) >= 11 is 0. The van der Waals surface area contributed by atoms with Gasteiger partial charge in [0.25, 0.3) is 0 Å². The predicted octanol–water partition coefficient (Wildman–Crippen LogP) is 6.68. The van der Waals surface area contributed by atoms with Crippen LogP contribution >= 0.6 is 0 Å². The fraction of sp³-hybridized carbons (Fsp3) is 0.345. The van der Waals surface area contributed by atoms with E-state index in [4.69, 9.17) is 9.47 Å². The second kappa shape index (κ2) is 9.70. The lowest BCUT2D eigenvalue weighted by Gasteiger charge is -2.25. The molecule has 0 spiro atoms. The average molecular weight is 447 g/mol. The predicted molar refractivity (Wildman–Crippen MR) is 133 cm³/mol. The molecule has 0 bridgehead atoms. The summed E-state index contributed by atoms with van der Waals surface area (Å²) in [6, 6.07) is 20.3. The van der Waals surface area contributed by atoms with E-state index in [0.29, 0.717) is 24.5 Å². The van der Waals surface area contributed by atoms with Crippen LogP contribution in [0, 0.1) is 0 Å². The van der Waals surface area contributed by atoms with Crippen molar-refractivity contribution in [2.24, 2.45) is 0 Å². The molecule has 3 aromatic rings. The van der Waals surface area contributed by atoms with Crippen LogP contribution in [0.25, 0.3) is 0 Å². The maximum absolute atomic E-state index is 13.0. The van der Waals surface area contributed by atoms with Gasteiger partial charge in [-0.25, -0.2) is 0 Å². The fourth-order valence-corrected chi connectivity index (χ4v) is 3.72. The smallest absolute Gasteiger partial charge is 0.196 e. The topological polar surface area (TPSA) is 55.8 Å². The number of hydrogen-bond acceptors (Lipinski definition) is 4. The Morgan fingerprint density at radius 1 is 0.727 bits per heavy atom. The van der Waals surface area contributed by atoms with Gasteiger partial charge in [-0.2, -0.15) is 0 Å². The number of phenolic OH excluding ortho intramolecular Hbond substituents is 1. The van der Waals surface area contributed by atoms with Crippen LogP contribution in [-0.4, -0.2) is 24.1 Å². The number of carbonyl (C=O) groups is 1. The Morgan fingerprint density at radius 2 is 1.27 bits per heavy atom. The molecule has 1 N–H and O–H groups in total. The van der Waals surface area contributed by atoms with Crippen molar-refractivity contribution in [3.63, 3.8) is 0 Å². The highest BCUT2D eigenvalue weighted by atomic mass is 16.5. The highest BCUT2D eigenvalue weighted by Gasteiger charge is 2.25. The third kappa shape index (κ3) is 5.95. The van der Waals surface area contributed by atoms with Crippen molar-refractivity contribution in [3.05, 3.63) is 89.0 Å². The number of benzene rings is 3. The largest absolute Gasteiger partial charge is 0.507 e. The number of para-hydroxylation sites is 1. The summed E-state index contributed by atoms with van der Waals surface area (Å²) in [5, 5.41) is 10.6.